The van der Waals surface area contributed by atoms with Crippen molar-refractivity contribution in [3.8, 4) is 0 Å². The molecule has 1 fully saturated rings. The van der Waals surface area contributed by atoms with Gasteiger partial charge in [-0.3, -0.25) is 4.90 Å². The minimum Gasteiger partial charge on any atom is -0.357 e. The molecule has 1 aliphatic heterocycles. The topological polar surface area (TPSA) is 52.6 Å². The molecule has 1 aliphatic rings. The average molecular weight is 513 g/mol. The van der Waals surface area contributed by atoms with E-state index in [1.54, 1.807) is 11.3 Å². The Morgan fingerprint density at radius 2 is 1.93 bits per heavy atom. The molecule has 1 aromatic carbocycles. The number of likely N-dealkylation sites (tertiary alicyclic amines) is 1. The first-order chi connectivity index (χ1) is 13.1. The van der Waals surface area contributed by atoms with E-state index < -0.39 is 0 Å². The lowest BCUT2D eigenvalue weighted by Crippen LogP contribution is -2.48. The highest BCUT2D eigenvalue weighted by Gasteiger charge is 2.20. The van der Waals surface area contributed by atoms with Crippen molar-refractivity contribution in [2.75, 3.05) is 19.6 Å². The highest BCUT2D eigenvalue weighted by atomic mass is 127. The summed E-state index contributed by atoms with van der Waals surface area (Å²) in [6.07, 6.45) is 2.30. The number of aromatic nitrogens is 1. The van der Waals surface area contributed by atoms with Crippen LogP contribution in [-0.2, 0) is 13.1 Å². The molecular formula is C21H32IN5S. The van der Waals surface area contributed by atoms with Gasteiger partial charge in [-0.1, -0.05) is 30.3 Å². The Bertz CT molecular complexity index is 739. The van der Waals surface area contributed by atoms with E-state index in [1.807, 2.05) is 0 Å². The Hall–Kier alpha value is -1.19. The van der Waals surface area contributed by atoms with Crippen LogP contribution >= 0.6 is 35.3 Å². The summed E-state index contributed by atoms with van der Waals surface area (Å²) in [5, 5.41) is 8.13. The Kier molecular flexibility index (Phi) is 9.67. The molecule has 2 heterocycles. The van der Waals surface area contributed by atoms with Gasteiger partial charge >= 0.3 is 0 Å². The summed E-state index contributed by atoms with van der Waals surface area (Å²) in [5.74, 6) is 0.921. The molecule has 7 heteroatoms. The van der Waals surface area contributed by atoms with Crippen LogP contribution in [0.25, 0.3) is 0 Å². The third kappa shape index (κ3) is 7.00. The second kappa shape index (κ2) is 11.7. The minimum absolute atomic E-state index is 0. The predicted octanol–water partition coefficient (Wildman–Crippen LogP) is 4.10. The number of nitrogens with zero attached hydrogens (tertiary/aromatic N) is 3. The summed E-state index contributed by atoms with van der Waals surface area (Å²) in [4.78, 5) is 13.1. The first kappa shape index (κ1) is 23.1. The molecule has 0 radical (unpaired) electrons. The monoisotopic (exact) mass is 513 g/mol. The molecule has 0 atom stereocenters. The van der Waals surface area contributed by atoms with E-state index in [4.69, 9.17) is 4.99 Å². The number of hydrogen-bond donors (Lipinski definition) is 2. The van der Waals surface area contributed by atoms with Gasteiger partial charge in [0.05, 0.1) is 17.2 Å². The SMILES string of the molecule is CCNC(=NCc1sc(C)nc1C)NC1CCN(Cc2ccccc2)CC1.I. The van der Waals surface area contributed by atoms with Crippen LogP contribution in [0.4, 0.5) is 0 Å². The van der Waals surface area contributed by atoms with Crippen molar-refractivity contribution in [3.05, 3.63) is 51.5 Å². The first-order valence-electron chi connectivity index (χ1n) is 9.88. The predicted molar refractivity (Wildman–Crippen MR) is 130 cm³/mol. The average Bonchev–Trinajstić information content (AvgIpc) is 2.99. The van der Waals surface area contributed by atoms with Crippen molar-refractivity contribution in [2.45, 2.75) is 52.7 Å². The zero-order valence-electron chi connectivity index (χ0n) is 17.1. The molecule has 154 valence electrons. The molecule has 0 aliphatic carbocycles. The lowest BCUT2D eigenvalue weighted by Gasteiger charge is -2.33. The molecule has 3 rings (SSSR count). The number of nitrogens with one attached hydrogen (secondary N) is 2. The van der Waals surface area contributed by atoms with Crippen molar-refractivity contribution in [1.82, 2.24) is 20.5 Å². The molecule has 0 saturated carbocycles. The Labute approximate surface area is 190 Å². The van der Waals surface area contributed by atoms with Gasteiger partial charge in [-0.2, -0.15) is 0 Å². The van der Waals surface area contributed by atoms with Crippen LogP contribution in [0, 0.1) is 13.8 Å². The van der Waals surface area contributed by atoms with Crippen molar-refractivity contribution < 1.29 is 0 Å². The molecule has 0 unspecified atom stereocenters. The number of halogens is 1. The van der Waals surface area contributed by atoms with Gasteiger partial charge in [0.15, 0.2) is 5.96 Å². The lowest BCUT2D eigenvalue weighted by molar-refractivity contribution is 0.198. The van der Waals surface area contributed by atoms with Gasteiger partial charge in [-0.15, -0.1) is 35.3 Å². The number of aliphatic imine (C=N–C) groups is 1. The quantitative estimate of drug-likeness (QED) is 0.347. The summed E-state index contributed by atoms with van der Waals surface area (Å²) in [7, 11) is 0. The molecule has 1 saturated heterocycles. The van der Waals surface area contributed by atoms with Gasteiger partial charge in [0.1, 0.15) is 0 Å². The maximum atomic E-state index is 4.79. The standard InChI is InChI=1S/C21H31N5S.HI/c1-4-22-21(23-14-20-16(2)24-17(3)27-20)25-19-10-12-26(13-11-19)15-18-8-6-5-7-9-18;/h5-9,19H,4,10-15H2,1-3H3,(H2,22,23,25);1H. The van der Waals surface area contributed by atoms with E-state index in [1.165, 1.54) is 10.4 Å². The van der Waals surface area contributed by atoms with Crippen molar-refractivity contribution in [3.63, 3.8) is 0 Å². The Morgan fingerprint density at radius 3 is 2.54 bits per heavy atom. The van der Waals surface area contributed by atoms with Crippen LogP contribution in [0.3, 0.4) is 0 Å². The third-order valence-corrected chi connectivity index (χ3v) is 5.96. The molecule has 1 aromatic heterocycles. The maximum absolute atomic E-state index is 4.79. The number of thiazole rings is 1. The number of benzene rings is 1. The molecule has 0 spiro atoms. The van der Waals surface area contributed by atoms with Gasteiger partial charge in [0.25, 0.3) is 0 Å². The summed E-state index contributed by atoms with van der Waals surface area (Å²) in [6.45, 7) is 11.1. The Morgan fingerprint density at radius 1 is 1.21 bits per heavy atom. The lowest BCUT2D eigenvalue weighted by atomic mass is 10.0. The van der Waals surface area contributed by atoms with E-state index in [0.29, 0.717) is 12.6 Å². The molecule has 0 amide bonds. The zero-order chi connectivity index (χ0) is 19.1. The normalized spacial score (nSPS) is 15.9. The number of hydrogen-bond acceptors (Lipinski definition) is 4. The van der Waals surface area contributed by atoms with Crippen LogP contribution in [-0.4, -0.2) is 41.5 Å². The van der Waals surface area contributed by atoms with Crippen LogP contribution in [0.5, 0.6) is 0 Å². The second-order valence-corrected chi connectivity index (χ2v) is 8.40. The molecule has 2 aromatic rings. The smallest absolute Gasteiger partial charge is 0.191 e. The van der Waals surface area contributed by atoms with Gasteiger partial charge in [0.2, 0.25) is 0 Å². The molecular weight excluding hydrogens is 481 g/mol. The van der Waals surface area contributed by atoms with E-state index in [0.717, 1.165) is 55.7 Å². The Balaban J connectivity index is 0.00000280. The first-order valence-corrected chi connectivity index (χ1v) is 10.7. The van der Waals surface area contributed by atoms with Gasteiger partial charge in [-0.25, -0.2) is 9.98 Å². The van der Waals surface area contributed by atoms with Crippen LogP contribution in [0.15, 0.2) is 35.3 Å². The third-order valence-electron chi connectivity index (χ3n) is 4.90. The fraction of sp³-hybridized carbons (Fsp3) is 0.524. The van der Waals surface area contributed by atoms with Crippen LogP contribution < -0.4 is 10.6 Å². The fourth-order valence-corrected chi connectivity index (χ4v) is 4.32. The van der Waals surface area contributed by atoms with Gasteiger partial charge in [-0.05, 0) is 39.2 Å². The summed E-state index contributed by atoms with van der Waals surface area (Å²) in [5.41, 5.74) is 2.50. The summed E-state index contributed by atoms with van der Waals surface area (Å²) >= 11 is 1.74. The molecule has 0 bridgehead atoms. The van der Waals surface area contributed by atoms with Crippen molar-refractivity contribution >= 4 is 41.3 Å². The fourth-order valence-electron chi connectivity index (χ4n) is 3.46. The van der Waals surface area contributed by atoms with Gasteiger partial charge < -0.3 is 10.6 Å². The number of guanidine groups is 1. The second-order valence-electron chi connectivity index (χ2n) is 7.12. The zero-order valence-corrected chi connectivity index (χ0v) is 20.2. The number of rotatable bonds is 6. The minimum atomic E-state index is 0. The van der Waals surface area contributed by atoms with E-state index >= 15 is 0 Å². The molecule has 2 N–H and O–H groups in total. The summed E-state index contributed by atoms with van der Waals surface area (Å²) < 4.78 is 0. The van der Waals surface area contributed by atoms with Crippen LogP contribution in [0.2, 0.25) is 0 Å². The van der Waals surface area contributed by atoms with E-state index in [-0.39, 0.29) is 24.0 Å². The molecule has 28 heavy (non-hydrogen) atoms. The maximum Gasteiger partial charge on any atom is 0.191 e. The highest BCUT2D eigenvalue weighted by Crippen LogP contribution is 2.18. The molecule has 5 nitrogen and oxygen atoms in total. The van der Waals surface area contributed by atoms with Crippen LogP contribution in [0.1, 0.15) is 40.9 Å². The van der Waals surface area contributed by atoms with E-state index in [9.17, 15) is 0 Å². The number of piperidine rings is 1. The van der Waals surface area contributed by atoms with Crippen molar-refractivity contribution in [2.24, 2.45) is 4.99 Å². The largest absolute Gasteiger partial charge is 0.357 e. The number of aryl methyl sites for hydroxylation is 2. The van der Waals surface area contributed by atoms with Gasteiger partial charge in [0, 0.05) is 37.1 Å². The summed E-state index contributed by atoms with van der Waals surface area (Å²) in [6, 6.07) is 11.2. The van der Waals surface area contributed by atoms with E-state index in [2.05, 4.69) is 71.6 Å². The highest BCUT2D eigenvalue weighted by molar-refractivity contribution is 14.0. The van der Waals surface area contributed by atoms with Crippen molar-refractivity contribution in [1.29, 1.82) is 0 Å².